The molecule has 0 spiro atoms. The molecule has 0 N–H and O–H groups in total. The average Bonchev–Trinajstić information content (AvgIpc) is 2.57. The summed E-state index contributed by atoms with van der Waals surface area (Å²) in [6.07, 6.45) is 27.6. The van der Waals surface area contributed by atoms with E-state index in [-0.39, 0.29) is 0 Å². The fourth-order valence-electron chi connectivity index (χ4n) is 2.67. The molecular formula is C23H46. The third-order valence-corrected chi connectivity index (χ3v) is 4.27. The van der Waals surface area contributed by atoms with Crippen LogP contribution in [0.4, 0.5) is 0 Å². The molecule has 0 saturated carbocycles. The van der Waals surface area contributed by atoms with Crippen molar-refractivity contribution in [1.29, 1.82) is 0 Å². The molecule has 0 aromatic rings. The lowest BCUT2D eigenvalue weighted by molar-refractivity contribution is 0.558. The summed E-state index contributed by atoms with van der Waals surface area (Å²) in [5.74, 6) is 0. The van der Waals surface area contributed by atoms with Crippen molar-refractivity contribution < 1.29 is 0 Å². The van der Waals surface area contributed by atoms with Crippen LogP contribution in [0.15, 0.2) is 25.3 Å². The molecule has 0 aromatic carbocycles. The Morgan fingerprint density at radius 3 is 0.957 bits per heavy atom. The molecule has 0 aliphatic carbocycles. The van der Waals surface area contributed by atoms with Gasteiger partial charge in [0.25, 0.3) is 0 Å². The summed E-state index contributed by atoms with van der Waals surface area (Å²) in [7, 11) is 0. The SMILES string of the molecule is C=CCCCCCCC.C=CCCCCCCCCCCCC. The van der Waals surface area contributed by atoms with Crippen LogP contribution in [0.5, 0.6) is 0 Å². The minimum atomic E-state index is 1.20. The highest BCUT2D eigenvalue weighted by molar-refractivity contribution is 4.65. The molecule has 0 amide bonds. The number of rotatable bonds is 17. The number of hydrogen-bond acceptors (Lipinski definition) is 0. The van der Waals surface area contributed by atoms with E-state index < -0.39 is 0 Å². The van der Waals surface area contributed by atoms with Crippen molar-refractivity contribution in [3.63, 3.8) is 0 Å². The standard InChI is InChI=1S/C14H28.C9H18/c1-3-5-7-9-11-13-14-12-10-8-6-4-2;1-3-5-7-9-8-6-4-2/h3H,1,4-14H2,2H3;3H,1,4-9H2,2H3. The molecule has 0 aliphatic heterocycles. The zero-order valence-corrected chi connectivity index (χ0v) is 16.6. The summed E-state index contributed by atoms with van der Waals surface area (Å²) in [4.78, 5) is 0. The third kappa shape index (κ3) is 30.0. The molecule has 0 radical (unpaired) electrons. The van der Waals surface area contributed by atoms with Gasteiger partial charge in [0.2, 0.25) is 0 Å². The minimum absolute atomic E-state index is 1.20. The van der Waals surface area contributed by atoms with Gasteiger partial charge in [-0.05, 0) is 25.7 Å². The van der Waals surface area contributed by atoms with Gasteiger partial charge >= 0.3 is 0 Å². The van der Waals surface area contributed by atoms with Crippen molar-refractivity contribution >= 4 is 0 Å². The van der Waals surface area contributed by atoms with Crippen molar-refractivity contribution in [3.05, 3.63) is 25.3 Å². The predicted octanol–water partition coefficient (Wildman–Crippen LogP) is 9.02. The van der Waals surface area contributed by atoms with Crippen LogP contribution < -0.4 is 0 Å². The Labute approximate surface area is 148 Å². The van der Waals surface area contributed by atoms with Crippen LogP contribution in [0, 0.1) is 0 Å². The predicted molar refractivity (Wildman–Crippen MR) is 110 cm³/mol. The van der Waals surface area contributed by atoms with Gasteiger partial charge in [-0.3, -0.25) is 0 Å². The summed E-state index contributed by atoms with van der Waals surface area (Å²) in [6.45, 7) is 11.9. The van der Waals surface area contributed by atoms with Gasteiger partial charge in [0.05, 0.1) is 0 Å². The van der Waals surface area contributed by atoms with Gasteiger partial charge in [0.1, 0.15) is 0 Å². The average molecular weight is 323 g/mol. The van der Waals surface area contributed by atoms with Crippen LogP contribution in [-0.4, -0.2) is 0 Å². The fourth-order valence-corrected chi connectivity index (χ4v) is 2.67. The highest BCUT2D eigenvalue weighted by atomic mass is 14.0. The first-order valence-electron chi connectivity index (χ1n) is 10.5. The Balaban J connectivity index is 0. The Morgan fingerprint density at radius 1 is 0.435 bits per heavy atom. The van der Waals surface area contributed by atoms with Crippen LogP contribution in [0.25, 0.3) is 0 Å². The second-order valence-corrected chi connectivity index (χ2v) is 6.75. The molecule has 23 heavy (non-hydrogen) atoms. The summed E-state index contributed by atoms with van der Waals surface area (Å²) in [5.41, 5.74) is 0. The number of unbranched alkanes of at least 4 members (excludes halogenated alkanes) is 15. The lowest BCUT2D eigenvalue weighted by Crippen LogP contribution is -1.81. The molecule has 0 atom stereocenters. The first kappa shape index (κ1) is 24.7. The Kier molecular flexibility index (Phi) is 28.4. The molecule has 0 unspecified atom stereocenters. The molecule has 0 rings (SSSR count). The quantitative estimate of drug-likeness (QED) is 0.185. The van der Waals surface area contributed by atoms with Crippen molar-refractivity contribution in [3.8, 4) is 0 Å². The minimum Gasteiger partial charge on any atom is -0.103 e. The summed E-state index contributed by atoms with van der Waals surface area (Å²) < 4.78 is 0. The maximum Gasteiger partial charge on any atom is -0.0353 e. The maximum absolute atomic E-state index is 3.74. The highest BCUT2D eigenvalue weighted by Gasteiger charge is 1.91. The van der Waals surface area contributed by atoms with Crippen LogP contribution >= 0.6 is 0 Å². The largest absolute Gasteiger partial charge is 0.103 e. The van der Waals surface area contributed by atoms with E-state index in [0.29, 0.717) is 0 Å². The second-order valence-electron chi connectivity index (χ2n) is 6.75. The lowest BCUT2D eigenvalue weighted by atomic mass is 10.1. The number of hydrogen-bond donors (Lipinski definition) is 0. The lowest BCUT2D eigenvalue weighted by Gasteiger charge is -2.00. The van der Waals surface area contributed by atoms with E-state index in [1.165, 1.54) is 109 Å². The van der Waals surface area contributed by atoms with E-state index in [0.717, 1.165) is 0 Å². The molecule has 0 aromatic heterocycles. The van der Waals surface area contributed by atoms with E-state index in [9.17, 15) is 0 Å². The van der Waals surface area contributed by atoms with Crippen LogP contribution in [0.3, 0.4) is 0 Å². The summed E-state index contributed by atoms with van der Waals surface area (Å²) in [6, 6.07) is 0. The van der Waals surface area contributed by atoms with Crippen molar-refractivity contribution in [2.24, 2.45) is 0 Å². The Morgan fingerprint density at radius 2 is 0.696 bits per heavy atom. The van der Waals surface area contributed by atoms with Gasteiger partial charge in [-0.25, -0.2) is 0 Å². The molecule has 0 saturated heterocycles. The maximum atomic E-state index is 3.74. The first-order chi connectivity index (χ1) is 11.3. The fraction of sp³-hybridized carbons (Fsp3) is 0.826. The monoisotopic (exact) mass is 322 g/mol. The molecule has 0 fully saturated rings. The molecular weight excluding hydrogens is 276 g/mol. The number of allylic oxidation sites excluding steroid dienone is 2. The Hall–Kier alpha value is -0.520. The highest BCUT2D eigenvalue weighted by Crippen LogP contribution is 2.11. The van der Waals surface area contributed by atoms with Gasteiger partial charge in [-0.1, -0.05) is 109 Å². The van der Waals surface area contributed by atoms with Crippen LogP contribution in [0.2, 0.25) is 0 Å². The van der Waals surface area contributed by atoms with Crippen LogP contribution in [0.1, 0.15) is 123 Å². The summed E-state index contributed by atoms with van der Waals surface area (Å²) >= 11 is 0. The topological polar surface area (TPSA) is 0 Å². The van der Waals surface area contributed by atoms with E-state index >= 15 is 0 Å². The molecule has 0 bridgehead atoms. The van der Waals surface area contributed by atoms with E-state index in [1.54, 1.807) is 0 Å². The molecule has 0 nitrogen and oxygen atoms in total. The van der Waals surface area contributed by atoms with E-state index in [2.05, 4.69) is 27.0 Å². The van der Waals surface area contributed by atoms with Gasteiger partial charge in [0, 0.05) is 0 Å². The van der Waals surface area contributed by atoms with Crippen molar-refractivity contribution in [1.82, 2.24) is 0 Å². The van der Waals surface area contributed by atoms with Crippen molar-refractivity contribution in [2.45, 2.75) is 123 Å². The normalized spacial score (nSPS) is 10.0. The zero-order valence-electron chi connectivity index (χ0n) is 16.6. The molecule has 0 heterocycles. The zero-order chi connectivity index (χ0) is 17.4. The third-order valence-electron chi connectivity index (χ3n) is 4.27. The molecule has 138 valence electrons. The van der Waals surface area contributed by atoms with Gasteiger partial charge in [0.15, 0.2) is 0 Å². The summed E-state index contributed by atoms with van der Waals surface area (Å²) in [5, 5.41) is 0. The van der Waals surface area contributed by atoms with Crippen molar-refractivity contribution in [2.75, 3.05) is 0 Å². The van der Waals surface area contributed by atoms with Gasteiger partial charge in [-0.2, -0.15) is 0 Å². The van der Waals surface area contributed by atoms with E-state index in [1.807, 2.05) is 12.2 Å². The van der Waals surface area contributed by atoms with Gasteiger partial charge < -0.3 is 0 Å². The first-order valence-corrected chi connectivity index (χ1v) is 10.5. The smallest absolute Gasteiger partial charge is 0.0353 e. The Bertz CT molecular complexity index is 204. The van der Waals surface area contributed by atoms with Crippen LogP contribution in [-0.2, 0) is 0 Å². The van der Waals surface area contributed by atoms with E-state index in [4.69, 9.17) is 0 Å². The molecule has 0 aliphatic rings. The molecule has 0 heteroatoms. The van der Waals surface area contributed by atoms with Gasteiger partial charge in [-0.15, -0.1) is 13.2 Å². The second kappa shape index (κ2) is 26.4.